The molecule has 1 fully saturated rings. The SMILES string of the molecule is Cc1cccc(C(F)(F)CNC(=O)C2(O)CC(C)CCC2C(C)C)c1. The van der Waals surface area contributed by atoms with Crippen molar-refractivity contribution < 1.29 is 18.7 Å². The van der Waals surface area contributed by atoms with E-state index in [2.05, 4.69) is 5.32 Å². The Morgan fingerprint density at radius 2 is 2.08 bits per heavy atom. The van der Waals surface area contributed by atoms with Crippen LogP contribution in [-0.2, 0) is 10.7 Å². The van der Waals surface area contributed by atoms with Gasteiger partial charge in [-0.25, -0.2) is 0 Å². The third kappa shape index (κ3) is 4.38. The molecule has 0 aliphatic heterocycles. The van der Waals surface area contributed by atoms with Gasteiger partial charge >= 0.3 is 0 Å². The predicted octanol–water partition coefficient (Wildman–Crippen LogP) is 4.03. The molecule has 1 saturated carbocycles. The van der Waals surface area contributed by atoms with Gasteiger partial charge in [-0.2, -0.15) is 8.78 Å². The molecule has 3 unspecified atom stereocenters. The molecule has 1 aliphatic rings. The first-order chi connectivity index (χ1) is 11.6. The first kappa shape index (κ1) is 19.8. The van der Waals surface area contributed by atoms with Crippen LogP contribution in [-0.4, -0.2) is 23.2 Å². The number of alkyl halides is 2. The van der Waals surface area contributed by atoms with Gasteiger partial charge in [0.15, 0.2) is 0 Å². The summed E-state index contributed by atoms with van der Waals surface area (Å²) in [5.74, 6) is -3.75. The van der Waals surface area contributed by atoms with Crippen molar-refractivity contribution in [3.63, 3.8) is 0 Å². The fraction of sp³-hybridized carbons (Fsp3) is 0.650. The monoisotopic (exact) mass is 353 g/mol. The summed E-state index contributed by atoms with van der Waals surface area (Å²) in [6, 6.07) is 6.09. The molecule has 3 nitrogen and oxygen atoms in total. The minimum absolute atomic E-state index is 0.112. The second-order valence-electron chi connectivity index (χ2n) is 7.92. The summed E-state index contributed by atoms with van der Waals surface area (Å²) in [6.45, 7) is 6.84. The van der Waals surface area contributed by atoms with Crippen LogP contribution in [0.1, 0.15) is 51.2 Å². The quantitative estimate of drug-likeness (QED) is 0.840. The lowest BCUT2D eigenvalue weighted by Gasteiger charge is -2.43. The van der Waals surface area contributed by atoms with Crippen molar-refractivity contribution in [2.75, 3.05) is 6.54 Å². The second kappa shape index (κ2) is 7.40. The summed E-state index contributed by atoms with van der Waals surface area (Å²) < 4.78 is 28.8. The number of hydrogen-bond acceptors (Lipinski definition) is 2. The van der Waals surface area contributed by atoms with E-state index in [9.17, 15) is 18.7 Å². The zero-order valence-corrected chi connectivity index (χ0v) is 15.5. The highest BCUT2D eigenvalue weighted by Gasteiger charge is 2.49. The van der Waals surface area contributed by atoms with Crippen molar-refractivity contribution in [3.8, 4) is 0 Å². The minimum atomic E-state index is -3.17. The number of aryl methyl sites for hydroxylation is 1. The molecule has 5 heteroatoms. The number of carbonyl (C=O) groups is 1. The van der Waals surface area contributed by atoms with Crippen LogP contribution in [0.3, 0.4) is 0 Å². The summed E-state index contributed by atoms with van der Waals surface area (Å²) in [6.07, 6.45) is 1.99. The van der Waals surface area contributed by atoms with Crippen molar-refractivity contribution in [1.82, 2.24) is 5.32 Å². The fourth-order valence-electron chi connectivity index (χ4n) is 3.95. The summed E-state index contributed by atoms with van der Waals surface area (Å²) in [5, 5.41) is 13.3. The Kier molecular flexibility index (Phi) is 5.87. The highest BCUT2D eigenvalue weighted by Crippen LogP contribution is 2.41. The first-order valence-corrected chi connectivity index (χ1v) is 9.02. The Hall–Kier alpha value is -1.49. The van der Waals surface area contributed by atoms with Crippen molar-refractivity contribution >= 4 is 5.91 Å². The van der Waals surface area contributed by atoms with Crippen LogP contribution in [0.15, 0.2) is 24.3 Å². The number of halogens is 2. The van der Waals surface area contributed by atoms with Crippen LogP contribution in [0.5, 0.6) is 0 Å². The maximum atomic E-state index is 14.4. The molecule has 0 heterocycles. The van der Waals surface area contributed by atoms with E-state index in [4.69, 9.17) is 0 Å². The van der Waals surface area contributed by atoms with Gasteiger partial charge in [0, 0.05) is 5.56 Å². The van der Waals surface area contributed by atoms with Crippen molar-refractivity contribution in [2.24, 2.45) is 17.8 Å². The number of carbonyl (C=O) groups excluding carboxylic acids is 1. The Labute approximate surface area is 148 Å². The maximum absolute atomic E-state index is 14.4. The topological polar surface area (TPSA) is 49.3 Å². The van der Waals surface area contributed by atoms with Crippen molar-refractivity contribution in [2.45, 2.75) is 58.5 Å². The number of aliphatic hydroxyl groups is 1. The molecule has 0 spiro atoms. The van der Waals surface area contributed by atoms with Gasteiger partial charge in [-0.05, 0) is 37.5 Å². The van der Waals surface area contributed by atoms with E-state index < -0.39 is 24.0 Å². The van der Waals surface area contributed by atoms with Crippen molar-refractivity contribution in [1.29, 1.82) is 0 Å². The molecular weight excluding hydrogens is 324 g/mol. The van der Waals surface area contributed by atoms with E-state index in [0.29, 0.717) is 6.42 Å². The zero-order valence-electron chi connectivity index (χ0n) is 15.5. The van der Waals surface area contributed by atoms with E-state index in [1.807, 2.05) is 20.8 Å². The summed E-state index contributed by atoms with van der Waals surface area (Å²) in [5.41, 5.74) is -0.963. The average Bonchev–Trinajstić information content (AvgIpc) is 2.52. The first-order valence-electron chi connectivity index (χ1n) is 9.02. The van der Waals surface area contributed by atoms with E-state index in [-0.39, 0.29) is 23.3 Å². The average molecular weight is 353 g/mol. The molecule has 2 N–H and O–H groups in total. The molecule has 0 bridgehead atoms. The van der Waals surface area contributed by atoms with Crippen LogP contribution in [0.25, 0.3) is 0 Å². The largest absolute Gasteiger partial charge is 0.380 e. The minimum Gasteiger partial charge on any atom is -0.380 e. The van der Waals surface area contributed by atoms with Gasteiger partial charge in [-0.3, -0.25) is 4.79 Å². The Morgan fingerprint density at radius 3 is 2.68 bits per heavy atom. The van der Waals surface area contributed by atoms with Gasteiger partial charge in [0.25, 0.3) is 11.8 Å². The predicted molar refractivity (Wildman–Crippen MR) is 94.4 cm³/mol. The lowest BCUT2D eigenvalue weighted by Crippen LogP contribution is -2.57. The molecule has 0 saturated heterocycles. The van der Waals surface area contributed by atoms with Gasteiger partial charge in [0.1, 0.15) is 5.60 Å². The Balaban J connectivity index is 2.11. The molecule has 140 valence electrons. The molecule has 0 radical (unpaired) electrons. The highest BCUT2D eigenvalue weighted by molar-refractivity contribution is 5.85. The lowest BCUT2D eigenvalue weighted by molar-refractivity contribution is -0.157. The molecule has 1 aromatic carbocycles. The molecule has 0 aromatic heterocycles. The number of benzene rings is 1. The van der Waals surface area contributed by atoms with Crippen LogP contribution >= 0.6 is 0 Å². The summed E-state index contributed by atoms with van der Waals surface area (Å²) >= 11 is 0. The van der Waals surface area contributed by atoms with Crippen LogP contribution in [0, 0.1) is 24.7 Å². The fourth-order valence-corrected chi connectivity index (χ4v) is 3.95. The molecule has 2 rings (SSSR count). The second-order valence-corrected chi connectivity index (χ2v) is 7.92. The number of hydrogen-bond donors (Lipinski definition) is 2. The van der Waals surface area contributed by atoms with Crippen LogP contribution < -0.4 is 5.32 Å². The zero-order chi connectivity index (χ0) is 18.8. The summed E-state index contributed by atoms with van der Waals surface area (Å²) in [4.78, 5) is 12.6. The normalized spacial score (nSPS) is 27.4. The standard InChI is InChI=1S/C20H29F2NO2/c1-13(2)17-9-8-15(4)11-19(17,25)18(24)23-12-20(21,22)16-7-5-6-14(3)10-16/h5-7,10,13,15,17,25H,8-9,11-12H2,1-4H3,(H,23,24). The molecule has 1 aromatic rings. The van der Waals surface area contributed by atoms with Gasteiger partial charge in [-0.15, -0.1) is 0 Å². The van der Waals surface area contributed by atoms with E-state index in [1.54, 1.807) is 19.1 Å². The van der Waals surface area contributed by atoms with Crippen LogP contribution in [0.2, 0.25) is 0 Å². The van der Waals surface area contributed by atoms with E-state index in [1.165, 1.54) is 12.1 Å². The number of amides is 1. The Morgan fingerprint density at radius 1 is 1.40 bits per heavy atom. The van der Waals surface area contributed by atoms with E-state index in [0.717, 1.165) is 18.4 Å². The molecule has 1 aliphatic carbocycles. The van der Waals surface area contributed by atoms with E-state index >= 15 is 0 Å². The smallest absolute Gasteiger partial charge is 0.290 e. The lowest BCUT2D eigenvalue weighted by atomic mass is 9.66. The van der Waals surface area contributed by atoms with Gasteiger partial charge in [0.05, 0.1) is 6.54 Å². The number of rotatable bonds is 5. The van der Waals surface area contributed by atoms with Gasteiger partial charge < -0.3 is 10.4 Å². The molecule has 3 atom stereocenters. The Bertz CT molecular complexity index is 617. The molecule has 1 amide bonds. The highest BCUT2D eigenvalue weighted by atomic mass is 19.3. The molecule has 25 heavy (non-hydrogen) atoms. The third-order valence-corrected chi connectivity index (χ3v) is 5.35. The number of nitrogens with one attached hydrogen (secondary N) is 1. The summed E-state index contributed by atoms with van der Waals surface area (Å²) in [7, 11) is 0. The van der Waals surface area contributed by atoms with Crippen LogP contribution in [0.4, 0.5) is 8.78 Å². The van der Waals surface area contributed by atoms with Gasteiger partial charge in [-0.1, -0.05) is 57.0 Å². The van der Waals surface area contributed by atoms with Crippen molar-refractivity contribution in [3.05, 3.63) is 35.4 Å². The van der Waals surface area contributed by atoms with Gasteiger partial charge in [0.2, 0.25) is 0 Å². The third-order valence-electron chi connectivity index (χ3n) is 5.35. The maximum Gasteiger partial charge on any atom is 0.290 e. The molecular formula is C20H29F2NO2.